The molecule has 0 radical (unpaired) electrons. The first-order chi connectivity index (χ1) is 18.5. The molecule has 3 aliphatic rings. The fraction of sp³-hybridized carbons (Fsp3) is 0.143. The number of aryl methyl sites for hydroxylation is 1. The Morgan fingerprint density at radius 1 is 1.08 bits per heavy atom. The van der Waals surface area contributed by atoms with Gasteiger partial charge in [-0.25, -0.2) is 4.99 Å². The van der Waals surface area contributed by atoms with Crippen molar-refractivity contribution in [3.63, 3.8) is 0 Å². The van der Waals surface area contributed by atoms with Crippen molar-refractivity contribution >= 4 is 40.4 Å². The third kappa shape index (κ3) is 3.50. The number of thiazole rings is 1. The topological polar surface area (TPSA) is 96.0 Å². The Balaban J connectivity index is 1.50. The molecule has 4 aromatic rings. The van der Waals surface area contributed by atoms with Crippen molar-refractivity contribution < 1.29 is 14.4 Å². The van der Waals surface area contributed by atoms with Gasteiger partial charge in [0.05, 0.1) is 32.8 Å². The van der Waals surface area contributed by atoms with Crippen LogP contribution in [-0.2, 0) is 6.42 Å². The fourth-order valence-corrected chi connectivity index (χ4v) is 6.59. The minimum absolute atomic E-state index is 0.0109. The summed E-state index contributed by atoms with van der Waals surface area (Å²) in [5, 5.41) is 12.4. The van der Waals surface area contributed by atoms with Gasteiger partial charge in [-0.3, -0.25) is 19.5 Å². The highest BCUT2D eigenvalue weighted by atomic mass is 35.5. The third-order valence-electron chi connectivity index (χ3n) is 7.08. The minimum atomic E-state index is -0.493. The lowest BCUT2D eigenvalue weighted by Crippen LogP contribution is -2.38. The largest absolute Gasteiger partial charge is 0.454 e. The van der Waals surface area contributed by atoms with E-state index in [0.717, 1.165) is 35.2 Å². The SMILES string of the molecule is O=c1/c(=C/c2cc3c(cc2[N+](=O)[O-])OCO3)sc2n1[C@H](c1ccccc1Cl)C1=C(N=2)c2ccccc2CC1. The lowest BCUT2D eigenvalue weighted by atomic mass is 9.83. The van der Waals surface area contributed by atoms with Crippen molar-refractivity contribution in [1.82, 2.24) is 4.57 Å². The Kier molecular flexibility index (Phi) is 5.24. The van der Waals surface area contributed by atoms with Crippen LogP contribution < -0.4 is 24.4 Å². The van der Waals surface area contributed by atoms with Crippen LogP contribution in [-0.4, -0.2) is 16.3 Å². The molecule has 3 heterocycles. The summed E-state index contributed by atoms with van der Waals surface area (Å²) in [7, 11) is 0. The standard InChI is InChI=1S/C28H18ClN3O5S/c29-20-8-4-3-7-18(20)26-19-10-9-15-5-1-2-6-17(15)25(19)30-28-31(26)27(33)24(38-28)12-16-11-22-23(37-14-36-22)13-21(16)32(34)35/h1-8,11-13,26H,9-10,14H2/b24-12-/t26-/m1/s1. The number of nitro benzene ring substituents is 1. The first-order valence-corrected chi connectivity index (χ1v) is 13.1. The van der Waals surface area contributed by atoms with Crippen LogP contribution in [0.3, 0.4) is 0 Å². The number of hydrogen-bond acceptors (Lipinski definition) is 7. The number of benzene rings is 3. The Morgan fingerprint density at radius 3 is 2.66 bits per heavy atom. The number of nitrogens with zero attached hydrogens (tertiary/aromatic N) is 3. The Bertz CT molecular complexity index is 1890. The van der Waals surface area contributed by atoms with Crippen molar-refractivity contribution in [2.24, 2.45) is 4.99 Å². The maximum Gasteiger partial charge on any atom is 0.280 e. The Hall–Kier alpha value is -4.21. The van der Waals surface area contributed by atoms with Gasteiger partial charge in [-0.2, -0.15) is 0 Å². The van der Waals surface area contributed by atoms with Crippen molar-refractivity contribution in [3.8, 4) is 11.5 Å². The highest BCUT2D eigenvalue weighted by molar-refractivity contribution is 7.07. The lowest BCUT2D eigenvalue weighted by Gasteiger charge is -2.31. The number of hydrogen-bond donors (Lipinski definition) is 0. The Morgan fingerprint density at radius 2 is 1.84 bits per heavy atom. The molecule has 8 nitrogen and oxygen atoms in total. The summed E-state index contributed by atoms with van der Waals surface area (Å²) in [6.07, 6.45) is 3.10. The minimum Gasteiger partial charge on any atom is -0.454 e. The van der Waals surface area contributed by atoms with Crippen LogP contribution in [0.5, 0.6) is 11.5 Å². The summed E-state index contributed by atoms with van der Waals surface area (Å²) < 4.78 is 12.7. The second-order valence-corrected chi connectivity index (χ2v) is 10.6. The van der Waals surface area contributed by atoms with Gasteiger partial charge >= 0.3 is 0 Å². The number of ether oxygens (including phenoxy) is 2. The van der Waals surface area contributed by atoms with Gasteiger partial charge in [-0.15, -0.1) is 0 Å². The molecule has 0 bridgehead atoms. The summed E-state index contributed by atoms with van der Waals surface area (Å²) in [6, 6.07) is 18.1. The second kappa shape index (κ2) is 8.68. The Labute approximate surface area is 224 Å². The number of rotatable bonds is 3. The van der Waals surface area contributed by atoms with Gasteiger partial charge in [0.2, 0.25) is 6.79 Å². The van der Waals surface area contributed by atoms with Gasteiger partial charge in [0.25, 0.3) is 11.2 Å². The molecule has 3 aromatic carbocycles. The average molecular weight is 544 g/mol. The average Bonchev–Trinajstić information content (AvgIpc) is 3.51. The van der Waals surface area contributed by atoms with Gasteiger partial charge in [0.15, 0.2) is 16.3 Å². The zero-order valence-electron chi connectivity index (χ0n) is 19.7. The smallest absolute Gasteiger partial charge is 0.280 e. The summed E-state index contributed by atoms with van der Waals surface area (Å²) in [6.45, 7) is -0.0109. The number of nitro groups is 1. The van der Waals surface area contributed by atoms with Crippen LogP contribution in [0.1, 0.15) is 34.7 Å². The van der Waals surface area contributed by atoms with Crippen molar-refractivity contribution in [3.05, 3.63) is 123 Å². The molecule has 38 heavy (non-hydrogen) atoms. The van der Waals surface area contributed by atoms with Crippen LogP contribution >= 0.6 is 22.9 Å². The van der Waals surface area contributed by atoms with Gasteiger partial charge in [0, 0.05) is 10.6 Å². The number of aromatic nitrogens is 1. The molecular formula is C28H18ClN3O5S. The van der Waals surface area contributed by atoms with E-state index in [1.54, 1.807) is 4.57 Å². The van der Waals surface area contributed by atoms with Crippen LogP contribution in [0.2, 0.25) is 5.02 Å². The zero-order valence-corrected chi connectivity index (χ0v) is 21.3. The highest BCUT2D eigenvalue weighted by Gasteiger charge is 2.33. The van der Waals surface area contributed by atoms with E-state index in [2.05, 4.69) is 12.1 Å². The summed E-state index contributed by atoms with van der Waals surface area (Å²) in [4.78, 5) is 30.8. The van der Waals surface area contributed by atoms with Gasteiger partial charge in [-0.1, -0.05) is 65.4 Å². The van der Waals surface area contributed by atoms with Crippen LogP contribution in [0.15, 0.2) is 76.0 Å². The molecular weight excluding hydrogens is 526 g/mol. The molecule has 0 spiro atoms. The van der Waals surface area contributed by atoms with Gasteiger partial charge in [-0.05, 0) is 47.8 Å². The molecule has 1 atom stereocenters. The molecule has 1 aromatic heterocycles. The predicted molar refractivity (Wildman–Crippen MR) is 143 cm³/mol. The number of fused-ring (bicyclic) bond motifs is 4. The van der Waals surface area contributed by atoms with Crippen LogP contribution in [0.4, 0.5) is 5.69 Å². The zero-order chi connectivity index (χ0) is 26.0. The quantitative estimate of drug-likeness (QED) is 0.278. The molecule has 0 amide bonds. The third-order valence-corrected chi connectivity index (χ3v) is 8.41. The predicted octanol–water partition coefficient (Wildman–Crippen LogP) is 4.61. The van der Waals surface area contributed by atoms with Crippen molar-refractivity contribution in [2.75, 3.05) is 6.79 Å². The van der Waals surface area contributed by atoms with Crippen molar-refractivity contribution in [1.29, 1.82) is 0 Å². The van der Waals surface area contributed by atoms with E-state index in [4.69, 9.17) is 26.1 Å². The second-order valence-electron chi connectivity index (χ2n) is 9.16. The summed E-state index contributed by atoms with van der Waals surface area (Å²) in [5.41, 5.74) is 4.78. The number of halogens is 1. The molecule has 1 aliphatic carbocycles. The van der Waals surface area contributed by atoms with Crippen molar-refractivity contribution in [2.45, 2.75) is 18.9 Å². The maximum absolute atomic E-state index is 13.9. The van der Waals surface area contributed by atoms with E-state index in [1.807, 2.05) is 36.4 Å². The van der Waals surface area contributed by atoms with E-state index in [1.165, 1.54) is 35.1 Å². The molecule has 0 unspecified atom stereocenters. The molecule has 0 fully saturated rings. The molecule has 188 valence electrons. The van der Waals surface area contributed by atoms with E-state index >= 15 is 0 Å². The summed E-state index contributed by atoms with van der Waals surface area (Å²) in [5.74, 6) is 0.705. The van der Waals surface area contributed by atoms with E-state index < -0.39 is 11.0 Å². The lowest BCUT2D eigenvalue weighted by molar-refractivity contribution is -0.385. The molecule has 2 aliphatic heterocycles. The van der Waals surface area contributed by atoms with Gasteiger partial charge in [0.1, 0.15) is 0 Å². The van der Waals surface area contributed by atoms with Crippen LogP contribution in [0.25, 0.3) is 11.8 Å². The van der Waals surface area contributed by atoms with E-state index in [-0.39, 0.29) is 23.6 Å². The van der Waals surface area contributed by atoms with Gasteiger partial charge < -0.3 is 9.47 Å². The highest BCUT2D eigenvalue weighted by Crippen LogP contribution is 2.43. The summed E-state index contributed by atoms with van der Waals surface area (Å²) >= 11 is 7.88. The van der Waals surface area contributed by atoms with E-state index in [9.17, 15) is 14.9 Å². The molecule has 0 saturated heterocycles. The first kappa shape index (κ1) is 22.9. The molecule has 0 saturated carbocycles. The normalized spacial score (nSPS) is 17.5. The maximum atomic E-state index is 13.9. The monoisotopic (exact) mass is 543 g/mol. The van der Waals surface area contributed by atoms with Crippen LogP contribution in [0, 0.1) is 10.1 Å². The first-order valence-electron chi connectivity index (χ1n) is 11.9. The molecule has 10 heteroatoms. The molecule has 0 N–H and O–H groups in total. The number of allylic oxidation sites excluding steroid dienone is 1. The fourth-order valence-electron chi connectivity index (χ4n) is 5.36. The molecule has 7 rings (SSSR count). The van der Waals surface area contributed by atoms with E-state index in [0.29, 0.717) is 25.9 Å².